The molecule has 0 spiro atoms. The Morgan fingerprint density at radius 3 is 1.87 bits per heavy atom. The summed E-state index contributed by atoms with van der Waals surface area (Å²) >= 11 is 0. The minimum Gasteiger partial charge on any atom is -0.434 e. The number of hydrogen-bond donors (Lipinski definition) is 1. The molecule has 0 atom stereocenters. The topological polar surface area (TPSA) is 12.0 Å². The SMILES string of the molecule is CC(C)N[c-]1cccc1.[Fe+2].c1cc[cH-]c1. The fourth-order valence-electron chi connectivity index (χ4n) is 1.12. The molecule has 0 fully saturated rings. The van der Waals surface area contributed by atoms with Gasteiger partial charge in [0.1, 0.15) is 0 Å². The van der Waals surface area contributed by atoms with Gasteiger partial charge in [0, 0.05) is 6.04 Å². The van der Waals surface area contributed by atoms with Crippen molar-refractivity contribution in [1.82, 2.24) is 0 Å². The number of hydrogen-bond acceptors (Lipinski definition) is 1. The summed E-state index contributed by atoms with van der Waals surface area (Å²) in [6, 6.07) is 18.7. The van der Waals surface area contributed by atoms with E-state index in [1.807, 2.05) is 42.5 Å². The van der Waals surface area contributed by atoms with Crippen LogP contribution in [-0.2, 0) is 17.1 Å². The van der Waals surface area contributed by atoms with E-state index in [2.05, 4.69) is 31.3 Å². The summed E-state index contributed by atoms with van der Waals surface area (Å²) in [6.45, 7) is 4.26. The molecule has 0 unspecified atom stereocenters. The van der Waals surface area contributed by atoms with Crippen LogP contribution >= 0.6 is 0 Å². The molecule has 2 heteroatoms. The van der Waals surface area contributed by atoms with Gasteiger partial charge in [-0.15, -0.1) is 0 Å². The van der Waals surface area contributed by atoms with Crippen LogP contribution in [0.25, 0.3) is 0 Å². The molecule has 0 amide bonds. The Bertz CT molecular complexity index is 278. The molecular weight excluding hydrogens is 226 g/mol. The molecule has 2 aromatic carbocycles. The molecule has 0 aliphatic rings. The van der Waals surface area contributed by atoms with Crippen LogP contribution in [0.2, 0.25) is 0 Å². The van der Waals surface area contributed by atoms with Crippen molar-refractivity contribution in [2.24, 2.45) is 0 Å². The Labute approximate surface area is 103 Å². The molecule has 2 rings (SSSR count). The molecular formula is C13H17FeN. The van der Waals surface area contributed by atoms with Gasteiger partial charge in [0.15, 0.2) is 0 Å². The largest absolute Gasteiger partial charge is 2.00 e. The first kappa shape index (κ1) is 14.0. The predicted octanol–water partition coefficient (Wildman–Crippen LogP) is 3.63. The molecule has 0 aliphatic carbocycles. The van der Waals surface area contributed by atoms with Crippen molar-refractivity contribution in [3.63, 3.8) is 0 Å². The van der Waals surface area contributed by atoms with E-state index in [1.165, 1.54) is 5.69 Å². The third-order valence-corrected chi connectivity index (χ3v) is 1.67. The summed E-state index contributed by atoms with van der Waals surface area (Å²) in [5, 5.41) is 3.28. The van der Waals surface area contributed by atoms with E-state index in [0.29, 0.717) is 6.04 Å². The van der Waals surface area contributed by atoms with E-state index in [1.54, 1.807) is 0 Å². The van der Waals surface area contributed by atoms with Gasteiger partial charge in [-0.1, -0.05) is 5.69 Å². The second-order valence-corrected chi connectivity index (χ2v) is 3.43. The van der Waals surface area contributed by atoms with Crippen molar-refractivity contribution in [1.29, 1.82) is 0 Å². The summed E-state index contributed by atoms with van der Waals surface area (Å²) in [7, 11) is 0. The van der Waals surface area contributed by atoms with E-state index in [9.17, 15) is 0 Å². The molecule has 1 nitrogen and oxygen atoms in total. The standard InChI is InChI=1S/C8H12N.C5H5.Fe/c1-7(2)9-8-5-3-4-6-8;1-2-4-5-3-1;/h3-7,9H,1-2H3;1-5H;/q2*-1;+2. The number of nitrogens with one attached hydrogen (secondary N) is 1. The zero-order valence-electron chi connectivity index (χ0n) is 9.13. The van der Waals surface area contributed by atoms with E-state index in [-0.39, 0.29) is 17.1 Å². The van der Waals surface area contributed by atoms with E-state index >= 15 is 0 Å². The summed E-state index contributed by atoms with van der Waals surface area (Å²) in [4.78, 5) is 0. The van der Waals surface area contributed by atoms with Crippen molar-refractivity contribution >= 4 is 5.69 Å². The fraction of sp³-hybridized carbons (Fsp3) is 0.231. The first-order chi connectivity index (χ1) is 6.79. The predicted molar refractivity (Wildman–Crippen MR) is 62.8 cm³/mol. The van der Waals surface area contributed by atoms with E-state index < -0.39 is 0 Å². The summed E-state index contributed by atoms with van der Waals surface area (Å²) < 4.78 is 0. The van der Waals surface area contributed by atoms with Crippen LogP contribution < -0.4 is 5.32 Å². The Balaban J connectivity index is 0.000000280. The van der Waals surface area contributed by atoms with Crippen LogP contribution in [0, 0.1) is 0 Å². The normalized spacial score (nSPS) is 8.73. The first-order valence-corrected chi connectivity index (χ1v) is 4.94. The van der Waals surface area contributed by atoms with Gasteiger partial charge in [0.05, 0.1) is 0 Å². The van der Waals surface area contributed by atoms with Gasteiger partial charge in [-0.25, -0.2) is 24.3 Å². The maximum absolute atomic E-state index is 3.28. The molecule has 15 heavy (non-hydrogen) atoms. The Morgan fingerprint density at radius 1 is 1.00 bits per heavy atom. The van der Waals surface area contributed by atoms with Crippen molar-refractivity contribution in [3.05, 3.63) is 54.6 Å². The molecule has 0 radical (unpaired) electrons. The van der Waals surface area contributed by atoms with Gasteiger partial charge in [0.25, 0.3) is 0 Å². The average Bonchev–Trinajstić information content (AvgIpc) is 2.75. The second-order valence-electron chi connectivity index (χ2n) is 3.43. The smallest absolute Gasteiger partial charge is 0.434 e. The second kappa shape index (κ2) is 8.34. The van der Waals surface area contributed by atoms with Crippen molar-refractivity contribution < 1.29 is 17.1 Å². The maximum atomic E-state index is 3.28. The number of rotatable bonds is 2. The molecule has 1 N–H and O–H groups in total. The summed E-state index contributed by atoms with van der Waals surface area (Å²) in [5.74, 6) is 0. The Morgan fingerprint density at radius 2 is 1.53 bits per heavy atom. The quantitative estimate of drug-likeness (QED) is 0.627. The molecule has 0 saturated carbocycles. The van der Waals surface area contributed by atoms with Gasteiger partial charge in [0.2, 0.25) is 0 Å². The van der Waals surface area contributed by atoms with Crippen LogP contribution in [0.4, 0.5) is 5.69 Å². The Kier molecular flexibility index (Phi) is 7.79. The van der Waals surface area contributed by atoms with Gasteiger partial charge < -0.3 is 5.32 Å². The van der Waals surface area contributed by atoms with Gasteiger partial charge in [-0.05, 0) is 13.8 Å². The molecule has 0 saturated heterocycles. The fourth-order valence-corrected chi connectivity index (χ4v) is 1.12. The number of anilines is 1. The first-order valence-electron chi connectivity index (χ1n) is 4.94. The van der Waals surface area contributed by atoms with Crippen LogP contribution in [0.1, 0.15) is 13.8 Å². The van der Waals surface area contributed by atoms with Crippen molar-refractivity contribution in [2.75, 3.05) is 5.32 Å². The van der Waals surface area contributed by atoms with Crippen LogP contribution in [0.15, 0.2) is 54.6 Å². The summed E-state index contributed by atoms with van der Waals surface area (Å²) in [6.07, 6.45) is 0. The molecule has 0 bridgehead atoms. The zero-order valence-corrected chi connectivity index (χ0v) is 10.2. The van der Waals surface area contributed by atoms with Crippen LogP contribution in [0.3, 0.4) is 0 Å². The van der Waals surface area contributed by atoms with Crippen LogP contribution in [0.5, 0.6) is 0 Å². The van der Waals surface area contributed by atoms with Gasteiger partial charge in [-0.2, -0.15) is 30.3 Å². The van der Waals surface area contributed by atoms with E-state index in [4.69, 9.17) is 0 Å². The van der Waals surface area contributed by atoms with Crippen molar-refractivity contribution in [2.45, 2.75) is 19.9 Å². The molecule has 0 heterocycles. The zero-order chi connectivity index (χ0) is 10.2. The minimum atomic E-state index is 0. The minimum absolute atomic E-state index is 0. The monoisotopic (exact) mass is 243 g/mol. The summed E-state index contributed by atoms with van der Waals surface area (Å²) in [5.41, 5.74) is 1.21. The Hall–Kier alpha value is -0.981. The third kappa shape index (κ3) is 7.01. The van der Waals surface area contributed by atoms with E-state index in [0.717, 1.165) is 0 Å². The molecule has 0 aromatic heterocycles. The van der Waals surface area contributed by atoms with Gasteiger partial charge >= 0.3 is 17.1 Å². The van der Waals surface area contributed by atoms with Gasteiger partial charge in [-0.3, -0.25) is 0 Å². The third-order valence-electron chi connectivity index (χ3n) is 1.67. The molecule has 0 aliphatic heterocycles. The molecule has 2 aromatic rings. The van der Waals surface area contributed by atoms with Crippen molar-refractivity contribution in [3.8, 4) is 0 Å². The maximum Gasteiger partial charge on any atom is 2.00 e. The average molecular weight is 243 g/mol. The van der Waals surface area contributed by atoms with Crippen LogP contribution in [-0.4, -0.2) is 6.04 Å². The molecule has 82 valence electrons.